The third-order valence-corrected chi connectivity index (χ3v) is 6.31. The average molecular weight is 471 g/mol. The number of hydrogen-bond donors (Lipinski definition) is 2. The number of halogens is 1. The second-order valence-corrected chi connectivity index (χ2v) is 8.68. The van der Waals surface area contributed by atoms with E-state index in [4.69, 9.17) is 21.1 Å². The summed E-state index contributed by atoms with van der Waals surface area (Å²) in [4.78, 5) is 30.6. The van der Waals surface area contributed by atoms with Crippen molar-refractivity contribution in [3.05, 3.63) is 40.3 Å². The number of amides is 1. The number of thiophene rings is 1. The molecule has 1 aliphatic heterocycles. The van der Waals surface area contributed by atoms with Gasteiger partial charge in [0.05, 0.1) is 35.1 Å². The van der Waals surface area contributed by atoms with Crippen LogP contribution in [0.25, 0.3) is 21.1 Å². The fourth-order valence-electron chi connectivity index (χ4n) is 3.49. The molecule has 0 bridgehead atoms. The number of benzene rings is 1. The van der Waals surface area contributed by atoms with Crippen molar-refractivity contribution in [2.75, 3.05) is 18.5 Å². The maximum Gasteiger partial charge on any atom is 0.263 e. The Labute approximate surface area is 192 Å². The van der Waals surface area contributed by atoms with Crippen molar-refractivity contribution in [1.82, 2.24) is 25.3 Å². The van der Waals surface area contributed by atoms with Crippen LogP contribution in [0.5, 0.6) is 11.8 Å². The van der Waals surface area contributed by atoms with Crippen LogP contribution in [0.1, 0.15) is 29.1 Å². The van der Waals surface area contributed by atoms with Gasteiger partial charge in [-0.25, -0.2) is 15.0 Å². The van der Waals surface area contributed by atoms with Crippen molar-refractivity contribution in [3.63, 3.8) is 0 Å². The highest BCUT2D eigenvalue weighted by Crippen LogP contribution is 2.40. The van der Waals surface area contributed by atoms with Gasteiger partial charge in [-0.2, -0.15) is 4.98 Å². The normalized spacial score (nSPS) is 15.8. The van der Waals surface area contributed by atoms with Crippen molar-refractivity contribution in [1.29, 1.82) is 0 Å². The van der Waals surface area contributed by atoms with Gasteiger partial charge < -0.3 is 20.1 Å². The third kappa shape index (κ3) is 3.81. The quantitative estimate of drug-likeness (QED) is 0.418. The van der Waals surface area contributed by atoms with Gasteiger partial charge in [0.1, 0.15) is 4.88 Å². The molecule has 1 aliphatic rings. The molecule has 5 rings (SSSR count). The van der Waals surface area contributed by atoms with E-state index >= 15 is 0 Å². The molecular formula is C21H19ClN6O3S. The van der Waals surface area contributed by atoms with Crippen molar-refractivity contribution in [2.45, 2.75) is 26.5 Å². The fraction of sp³-hybridized carbons (Fsp3) is 0.286. The molecule has 164 valence electrons. The van der Waals surface area contributed by atoms with Crippen LogP contribution in [0.3, 0.4) is 0 Å². The Balaban J connectivity index is 1.55. The Kier molecular flexibility index (Phi) is 5.50. The van der Waals surface area contributed by atoms with Crippen LogP contribution in [0, 0.1) is 0 Å². The maximum absolute atomic E-state index is 12.6. The molecule has 4 heterocycles. The highest BCUT2D eigenvalue weighted by atomic mass is 35.5. The van der Waals surface area contributed by atoms with Crippen LogP contribution >= 0.6 is 22.9 Å². The summed E-state index contributed by atoms with van der Waals surface area (Å²) in [5.41, 5.74) is 2.78. The number of nitrogens with zero attached hydrogens (tertiary/aromatic N) is 4. The Morgan fingerprint density at radius 3 is 2.97 bits per heavy atom. The Bertz CT molecular complexity index is 1340. The molecule has 11 heteroatoms. The largest absolute Gasteiger partial charge is 0.418 e. The van der Waals surface area contributed by atoms with Crippen molar-refractivity contribution in [2.24, 2.45) is 0 Å². The molecule has 4 aromatic rings. The zero-order valence-corrected chi connectivity index (χ0v) is 18.9. The number of rotatable bonds is 5. The minimum atomic E-state index is -0.0813. The molecule has 0 spiro atoms. The monoisotopic (exact) mass is 470 g/mol. The van der Waals surface area contributed by atoms with Crippen molar-refractivity contribution in [3.8, 4) is 11.8 Å². The molecule has 0 unspecified atom stereocenters. The highest BCUT2D eigenvalue weighted by Gasteiger charge is 2.25. The predicted molar refractivity (Wildman–Crippen MR) is 123 cm³/mol. The van der Waals surface area contributed by atoms with Gasteiger partial charge in [-0.3, -0.25) is 4.79 Å². The van der Waals surface area contributed by atoms with Gasteiger partial charge in [-0.1, -0.05) is 0 Å². The molecule has 2 N–H and O–H groups in total. The molecule has 1 atom stereocenters. The Morgan fingerprint density at radius 2 is 2.12 bits per heavy atom. The third-order valence-electron chi connectivity index (χ3n) is 4.97. The van der Waals surface area contributed by atoms with Crippen molar-refractivity contribution >= 4 is 55.7 Å². The van der Waals surface area contributed by atoms with E-state index in [1.54, 1.807) is 6.20 Å². The molecule has 0 saturated carbocycles. The van der Waals surface area contributed by atoms with Crippen LogP contribution in [-0.2, 0) is 11.3 Å². The SMILES string of the molecule is CCOCc1cnc(Cl)nc1Oc1cnc2c(ccc3sc4c(c32)NC[C@@H](C)NC4=O)n1. The first kappa shape index (κ1) is 20.8. The van der Waals surface area contributed by atoms with Gasteiger partial charge in [0, 0.05) is 35.5 Å². The first-order chi connectivity index (χ1) is 15.5. The van der Waals surface area contributed by atoms with Crippen LogP contribution in [0.2, 0.25) is 5.28 Å². The van der Waals surface area contributed by atoms with Crippen LogP contribution < -0.4 is 15.4 Å². The lowest BCUT2D eigenvalue weighted by atomic mass is 10.1. The summed E-state index contributed by atoms with van der Waals surface area (Å²) in [6, 6.07) is 3.83. The van der Waals surface area contributed by atoms with Crippen LogP contribution in [0.4, 0.5) is 5.69 Å². The number of anilines is 1. The first-order valence-corrected chi connectivity index (χ1v) is 11.3. The summed E-state index contributed by atoms with van der Waals surface area (Å²) in [6.07, 6.45) is 3.10. The van der Waals surface area contributed by atoms with Gasteiger partial charge >= 0.3 is 0 Å². The number of nitrogens with one attached hydrogen (secondary N) is 2. The molecular weight excluding hydrogens is 452 g/mol. The number of aromatic nitrogens is 4. The number of hydrogen-bond acceptors (Lipinski definition) is 9. The molecule has 0 radical (unpaired) electrons. The lowest BCUT2D eigenvalue weighted by Gasteiger charge is -2.11. The second-order valence-electron chi connectivity index (χ2n) is 7.28. The van der Waals surface area contributed by atoms with Gasteiger partial charge in [0.15, 0.2) is 0 Å². The Morgan fingerprint density at radius 1 is 1.25 bits per heavy atom. The van der Waals surface area contributed by atoms with E-state index in [9.17, 15) is 4.79 Å². The van der Waals surface area contributed by atoms with E-state index < -0.39 is 0 Å². The maximum atomic E-state index is 12.6. The van der Waals surface area contributed by atoms with E-state index in [0.717, 1.165) is 15.8 Å². The lowest BCUT2D eigenvalue weighted by molar-refractivity contribution is 0.0949. The average Bonchev–Trinajstić information content (AvgIpc) is 3.09. The highest BCUT2D eigenvalue weighted by molar-refractivity contribution is 7.21. The van der Waals surface area contributed by atoms with E-state index in [-0.39, 0.29) is 35.6 Å². The zero-order valence-electron chi connectivity index (χ0n) is 17.3. The van der Waals surface area contributed by atoms with Gasteiger partial charge in [0.2, 0.25) is 17.0 Å². The molecule has 0 fully saturated rings. The van der Waals surface area contributed by atoms with Gasteiger partial charge in [-0.05, 0) is 37.6 Å². The van der Waals surface area contributed by atoms with E-state index in [2.05, 4.69) is 30.6 Å². The molecule has 1 amide bonds. The van der Waals surface area contributed by atoms with Crippen molar-refractivity contribution < 1.29 is 14.3 Å². The number of carbonyl (C=O) groups is 1. The standard InChI is InChI=1S/C21H19ClN6O3S/c1-3-30-9-11-7-25-21(22)28-20(11)31-14-8-24-16-12(27-14)4-5-13-15(16)17-18(32-13)19(29)26-10(2)6-23-17/h4-5,7-8,10,23H,3,6,9H2,1-2H3,(H,26,29)/t10-/m1/s1. The summed E-state index contributed by atoms with van der Waals surface area (Å²) in [7, 11) is 0. The molecule has 3 aromatic heterocycles. The minimum absolute atomic E-state index is 0.0313. The topological polar surface area (TPSA) is 111 Å². The number of ether oxygens (including phenoxy) is 2. The molecule has 1 aromatic carbocycles. The summed E-state index contributed by atoms with van der Waals surface area (Å²) in [6.45, 7) is 5.33. The summed E-state index contributed by atoms with van der Waals surface area (Å²) < 4.78 is 12.3. The molecule has 32 heavy (non-hydrogen) atoms. The molecule has 0 aliphatic carbocycles. The van der Waals surface area contributed by atoms with Gasteiger partial charge in [0.25, 0.3) is 5.91 Å². The van der Waals surface area contributed by atoms with Gasteiger partial charge in [-0.15, -0.1) is 11.3 Å². The Hall–Kier alpha value is -3.08. The van der Waals surface area contributed by atoms with E-state index in [0.29, 0.717) is 34.6 Å². The smallest absolute Gasteiger partial charge is 0.263 e. The lowest BCUT2D eigenvalue weighted by Crippen LogP contribution is -2.34. The van der Waals surface area contributed by atoms with Crippen LogP contribution in [-0.4, -0.2) is 45.0 Å². The number of fused-ring (bicyclic) bond motifs is 5. The minimum Gasteiger partial charge on any atom is -0.418 e. The van der Waals surface area contributed by atoms with E-state index in [1.807, 2.05) is 26.0 Å². The summed E-state index contributed by atoms with van der Waals surface area (Å²) in [5.74, 6) is 0.456. The number of carbonyl (C=O) groups excluding carboxylic acids is 1. The van der Waals surface area contributed by atoms with Crippen LogP contribution in [0.15, 0.2) is 24.5 Å². The predicted octanol–water partition coefficient (Wildman–Crippen LogP) is 4.16. The second kappa shape index (κ2) is 8.45. The van der Waals surface area contributed by atoms with E-state index in [1.165, 1.54) is 17.5 Å². The first-order valence-electron chi connectivity index (χ1n) is 10.1. The summed E-state index contributed by atoms with van der Waals surface area (Å²) in [5, 5.41) is 7.33. The molecule has 9 nitrogen and oxygen atoms in total. The fourth-order valence-corrected chi connectivity index (χ4v) is 4.70. The zero-order chi connectivity index (χ0) is 22.2. The summed E-state index contributed by atoms with van der Waals surface area (Å²) >= 11 is 7.39. The molecule has 0 saturated heterocycles.